The normalized spacial score (nSPS) is 23.4. The van der Waals surface area contributed by atoms with E-state index in [0.717, 1.165) is 85.3 Å². The number of hydrogen-bond acceptors (Lipinski definition) is 15. The van der Waals surface area contributed by atoms with Crippen molar-refractivity contribution in [3.8, 4) is 33.3 Å². The van der Waals surface area contributed by atoms with Gasteiger partial charge in [0.2, 0.25) is 11.8 Å². The Balaban J connectivity index is 0.754. The van der Waals surface area contributed by atoms with E-state index in [2.05, 4.69) is 52.6 Å². The maximum Gasteiger partial charge on any atom is 0.254 e. The molecule has 0 bridgehead atoms. The van der Waals surface area contributed by atoms with E-state index < -0.39 is 18.1 Å². The number of aryl methyl sites for hydroxylation is 1. The monoisotopic (exact) mass is 904 g/mol. The van der Waals surface area contributed by atoms with Crippen molar-refractivity contribution in [2.24, 2.45) is 5.92 Å². The number of nitrogens with one attached hydrogen (secondary N) is 2. The molecule has 4 aliphatic heterocycles. The first-order valence-corrected chi connectivity index (χ1v) is 23.8. The quantitative estimate of drug-likeness (QED) is 0.113. The molecule has 0 radical (unpaired) electrons. The molecule has 65 heavy (non-hydrogen) atoms. The number of phenols is 1. The number of hydrogen-bond donors (Lipinski definition) is 4. The number of phenolic OH excluding ortho intramolecular Hbond substituents is 1. The van der Waals surface area contributed by atoms with Gasteiger partial charge in [-0.3, -0.25) is 19.4 Å². The molecule has 344 valence electrons. The fraction of sp³-hybridized carbons (Fsp3) is 0.500. The molecular formula is C48H60N10O6S. The third kappa shape index (κ3) is 9.42. The largest absolute Gasteiger partial charge is 0.507 e. The number of nitrogens with zero attached hydrogens (tertiary/aromatic N) is 8. The van der Waals surface area contributed by atoms with Crippen LogP contribution in [0.1, 0.15) is 75.9 Å². The molecule has 7 heterocycles. The average Bonchev–Trinajstić information content (AvgIpc) is 4.06. The summed E-state index contributed by atoms with van der Waals surface area (Å²) in [5, 5.41) is 40.8. The Morgan fingerprint density at radius 3 is 2.58 bits per heavy atom. The second kappa shape index (κ2) is 19.1. The summed E-state index contributed by atoms with van der Waals surface area (Å²) in [6.45, 7) is 15.9. The van der Waals surface area contributed by atoms with Crippen LogP contribution in [0.15, 0.2) is 70.7 Å². The smallest absolute Gasteiger partial charge is 0.254 e. The van der Waals surface area contributed by atoms with Crippen LogP contribution in [0.4, 0.5) is 11.5 Å². The van der Waals surface area contributed by atoms with Crippen LogP contribution in [0.2, 0.25) is 0 Å². The number of β-amino-alcohol motifs (C(OH)–C–C–N with tert-alkyl or cyclic N) is 1. The SMILES string of the molecule is Cc1ncsc1-c1ccc([C@H](C)NC(=O)[C@@H]2C[C@@H](O)CN2C(=O)[C@@H](c2cc(OCCN3CC[C@H](N4CCN5c6cc(-c7ccccc7O)nnc6NC[C@H]5C4)C[C@@H]3C)no2)C(C)C)cc1. The van der Waals surface area contributed by atoms with Gasteiger partial charge in [0.15, 0.2) is 11.6 Å². The molecule has 2 aromatic carbocycles. The first-order chi connectivity index (χ1) is 31.4. The Labute approximate surface area is 384 Å². The fourth-order valence-electron chi connectivity index (χ4n) is 10.2. The van der Waals surface area contributed by atoms with Crippen LogP contribution in [0, 0.1) is 12.8 Å². The van der Waals surface area contributed by atoms with Crippen LogP contribution in [0.5, 0.6) is 11.6 Å². The summed E-state index contributed by atoms with van der Waals surface area (Å²) in [5.41, 5.74) is 7.21. The number of ether oxygens (including phenoxy) is 1. The number of rotatable bonds is 13. The highest BCUT2D eigenvalue weighted by atomic mass is 32.1. The lowest BCUT2D eigenvalue weighted by molar-refractivity contribution is -0.141. The van der Waals surface area contributed by atoms with E-state index >= 15 is 0 Å². The predicted octanol–water partition coefficient (Wildman–Crippen LogP) is 5.70. The number of amides is 2. The number of piperidine rings is 1. The number of para-hydroxylation sites is 1. The Morgan fingerprint density at radius 2 is 1.83 bits per heavy atom. The Bertz CT molecular complexity index is 2460. The van der Waals surface area contributed by atoms with Crippen molar-refractivity contribution >= 4 is 34.7 Å². The summed E-state index contributed by atoms with van der Waals surface area (Å²) in [5.74, 6) is 0.206. The third-order valence-electron chi connectivity index (χ3n) is 13.8. The van der Waals surface area contributed by atoms with Crippen LogP contribution < -0.4 is 20.3 Å². The van der Waals surface area contributed by atoms with Crippen LogP contribution in [0.25, 0.3) is 21.7 Å². The highest BCUT2D eigenvalue weighted by Crippen LogP contribution is 2.38. The van der Waals surface area contributed by atoms with E-state index in [1.165, 1.54) is 4.90 Å². The van der Waals surface area contributed by atoms with E-state index in [0.29, 0.717) is 47.6 Å². The maximum absolute atomic E-state index is 14.3. The Hall–Kier alpha value is -5.62. The van der Waals surface area contributed by atoms with Gasteiger partial charge >= 0.3 is 0 Å². The van der Waals surface area contributed by atoms with Crippen molar-refractivity contribution in [3.63, 3.8) is 0 Å². The zero-order valence-electron chi connectivity index (χ0n) is 37.8. The van der Waals surface area contributed by atoms with Gasteiger partial charge in [-0.2, -0.15) is 0 Å². The lowest BCUT2D eigenvalue weighted by atomic mass is 9.91. The summed E-state index contributed by atoms with van der Waals surface area (Å²) in [6.07, 6.45) is 1.47. The summed E-state index contributed by atoms with van der Waals surface area (Å²) in [4.78, 5) is 42.5. The van der Waals surface area contributed by atoms with Gasteiger partial charge in [0, 0.05) is 75.9 Å². The first-order valence-electron chi connectivity index (χ1n) is 22.9. The standard InChI is InChI=1S/C48H60N10O6S/c1-28(2)44(48(62)58-26-36(59)21-40(58)47(61)51-30(4)32-10-12-33(13-11-32)45-31(5)50-27-65-45)42-23-43(54-64-42)63-19-18-55-15-14-34(20-29(55)3)56-16-17-57-35(25-56)24-49-46-39(57)22-38(52-53-46)37-8-6-7-9-41(37)60/h6-13,22-23,27-30,34-36,40,44,59-60H,14-21,24-26H2,1-5H3,(H,49,53)(H,51,61)/t29-,30-,34-,35-,36+,40-,44+/m0/s1. The number of aromatic hydroxyl groups is 1. The van der Waals surface area contributed by atoms with Gasteiger partial charge in [-0.1, -0.05) is 50.2 Å². The second-order valence-corrected chi connectivity index (χ2v) is 19.3. The van der Waals surface area contributed by atoms with Crippen molar-refractivity contribution in [1.82, 2.24) is 40.4 Å². The molecule has 3 aromatic heterocycles. The summed E-state index contributed by atoms with van der Waals surface area (Å²) in [6, 6.07) is 19.1. The van der Waals surface area contributed by atoms with Gasteiger partial charge in [-0.15, -0.1) is 21.5 Å². The van der Waals surface area contributed by atoms with E-state index in [4.69, 9.17) is 9.26 Å². The second-order valence-electron chi connectivity index (χ2n) is 18.4. The van der Waals surface area contributed by atoms with Crippen LogP contribution >= 0.6 is 11.3 Å². The number of likely N-dealkylation sites (tertiary alicyclic amines) is 2. The average molecular weight is 905 g/mol. The molecule has 2 amide bonds. The molecule has 0 unspecified atom stereocenters. The Morgan fingerprint density at radius 1 is 1.02 bits per heavy atom. The molecule has 4 N–H and O–H groups in total. The number of thiazole rings is 1. The highest BCUT2D eigenvalue weighted by Gasteiger charge is 2.44. The van der Waals surface area contributed by atoms with E-state index in [1.807, 2.05) is 75.7 Å². The van der Waals surface area contributed by atoms with Crippen molar-refractivity contribution < 1.29 is 29.1 Å². The molecule has 9 rings (SSSR count). The van der Waals surface area contributed by atoms with Crippen LogP contribution in [0.3, 0.4) is 0 Å². The predicted molar refractivity (Wildman–Crippen MR) is 249 cm³/mol. The molecule has 3 fully saturated rings. The highest BCUT2D eigenvalue weighted by molar-refractivity contribution is 7.13. The van der Waals surface area contributed by atoms with E-state index in [1.54, 1.807) is 29.5 Å². The molecule has 0 spiro atoms. The minimum Gasteiger partial charge on any atom is -0.507 e. The number of aliphatic hydroxyl groups excluding tert-OH is 1. The number of carbonyl (C=O) groups is 2. The summed E-state index contributed by atoms with van der Waals surface area (Å²) < 4.78 is 11.9. The molecule has 4 aliphatic rings. The van der Waals surface area contributed by atoms with Crippen molar-refractivity contribution in [2.75, 3.05) is 62.6 Å². The number of fused-ring (bicyclic) bond motifs is 3. The van der Waals surface area contributed by atoms with Gasteiger partial charge in [-0.05, 0) is 74.0 Å². The first kappa shape index (κ1) is 44.6. The van der Waals surface area contributed by atoms with Gasteiger partial charge < -0.3 is 39.9 Å². The lowest BCUT2D eigenvalue weighted by Crippen LogP contribution is -2.61. The zero-order chi connectivity index (χ0) is 45.4. The van der Waals surface area contributed by atoms with Crippen molar-refractivity contribution in [2.45, 2.75) is 96.1 Å². The van der Waals surface area contributed by atoms with Crippen molar-refractivity contribution in [3.05, 3.63) is 83.2 Å². The number of benzene rings is 2. The van der Waals surface area contributed by atoms with Gasteiger partial charge in [0.1, 0.15) is 24.3 Å². The molecule has 0 aliphatic carbocycles. The number of piperazine rings is 1. The molecular weight excluding hydrogens is 845 g/mol. The van der Waals surface area contributed by atoms with Crippen molar-refractivity contribution in [1.29, 1.82) is 0 Å². The molecule has 5 aromatic rings. The number of aliphatic hydroxyl groups is 1. The number of anilines is 2. The van der Waals surface area contributed by atoms with Gasteiger partial charge in [-0.25, -0.2) is 4.98 Å². The minimum atomic E-state index is -0.822. The Kier molecular flexibility index (Phi) is 13.1. The zero-order valence-corrected chi connectivity index (χ0v) is 38.6. The van der Waals surface area contributed by atoms with Crippen LogP contribution in [-0.4, -0.2) is 140 Å². The molecule has 16 nitrogen and oxygen atoms in total. The summed E-state index contributed by atoms with van der Waals surface area (Å²) in [7, 11) is 0. The maximum atomic E-state index is 14.3. The third-order valence-corrected chi connectivity index (χ3v) is 14.8. The molecule has 17 heteroatoms. The summed E-state index contributed by atoms with van der Waals surface area (Å²) >= 11 is 1.59. The van der Waals surface area contributed by atoms with Gasteiger partial charge in [0.05, 0.1) is 45.7 Å². The van der Waals surface area contributed by atoms with Gasteiger partial charge in [0.25, 0.3) is 5.88 Å². The number of aromatic nitrogens is 4. The molecule has 0 saturated carbocycles. The lowest BCUT2D eigenvalue weighted by Gasteiger charge is -2.50. The topological polar surface area (TPSA) is 186 Å². The minimum absolute atomic E-state index is 0.0602. The molecule has 3 saturated heterocycles. The number of carbonyl (C=O) groups excluding carboxylic acids is 2. The van der Waals surface area contributed by atoms with E-state index in [-0.39, 0.29) is 42.5 Å². The fourth-order valence-corrected chi connectivity index (χ4v) is 11.0. The van der Waals surface area contributed by atoms with E-state index in [9.17, 15) is 19.8 Å². The molecule has 7 atom stereocenters. The van der Waals surface area contributed by atoms with Crippen LogP contribution in [-0.2, 0) is 9.59 Å².